The molecule has 0 amide bonds. The van der Waals surface area contributed by atoms with Gasteiger partial charge in [-0.25, -0.2) is 4.98 Å². The normalized spacial score (nSPS) is 11.8. The molecule has 5 nitrogen and oxygen atoms in total. The van der Waals surface area contributed by atoms with Crippen LogP contribution in [-0.2, 0) is 12.8 Å². The number of nitrogens with zero attached hydrogens (tertiary/aromatic N) is 3. The molecular weight excluding hydrogens is 419 g/mol. The van der Waals surface area contributed by atoms with Gasteiger partial charge in [0.05, 0.1) is 0 Å². The van der Waals surface area contributed by atoms with Gasteiger partial charge in [-0.05, 0) is 45.4 Å². The van der Waals surface area contributed by atoms with E-state index in [1.165, 1.54) is 4.90 Å². The molecule has 0 atom stereocenters. The molecule has 0 radical (unpaired) electrons. The van der Waals surface area contributed by atoms with Crippen LogP contribution in [0.15, 0.2) is 60.8 Å². The zero-order valence-corrected chi connectivity index (χ0v) is 18.5. The van der Waals surface area contributed by atoms with Crippen molar-refractivity contribution in [2.45, 2.75) is 46.1 Å². The molecule has 8 heteroatoms. The summed E-state index contributed by atoms with van der Waals surface area (Å²) in [5.74, 6) is 0.280. The Morgan fingerprint density at radius 3 is 2.31 bits per heavy atom. The molecule has 0 N–H and O–H groups in total. The summed E-state index contributed by atoms with van der Waals surface area (Å²) < 4.78 is 52.8. The van der Waals surface area contributed by atoms with Gasteiger partial charge in [0.25, 0.3) is 0 Å². The van der Waals surface area contributed by atoms with Crippen molar-refractivity contribution in [3.8, 4) is 11.8 Å². The summed E-state index contributed by atoms with van der Waals surface area (Å²) in [6.07, 6.45) is -3.86. The van der Waals surface area contributed by atoms with Gasteiger partial charge in [0.2, 0.25) is 0 Å². The number of hydrogen-bond acceptors (Lipinski definition) is 5. The fourth-order valence-electron chi connectivity index (χ4n) is 3.08. The highest BCUT2D eigenvalue weighted by Crippen LogP contribution is 2.39. The molecule has 2 aromatic carbocycles. The second-order valence-corrected chi connectivity index (χ2v) is 8.12. The highest BCUT2D eigenvalue weighted by molar-refractivity contribution is 5.65. The van der Waals surface area contributed by atoms with Crippen molar-refractivity contribution >= 4 is 11.5 Å². The maximum Gasteiger partial charge on any atom is 0.421 e. The lowest BCUT2D eigenvalue weighted by Gasteiger charge is -2.27. The number of anilines is 2. The molecule has 0 aliphatic heterocycles. The van der Waals surface area contributed by atoms with Gasteiger partial charge >= 0.3 is 12.2 Å². The molecule has 0 unspecified atom stereocenters. The molecule has 3 rings (SSSR count). The third-order valence-corrected chi connectivity index (χ3v) is 4.39. The van der Waals surface area contributed by atoms with Crippen LogP contribution in [0.1, 0.15) is 38.8 Å². The molecule has 0 fully saturated rings. The van der Waals surface area contributed by atoms with E-state index in [1.54, 1.807) is 31.2 Å². The van der Waals surface area contributed by atoms with Crippen molar-refractivity contribution < 1.29 is 22.6 Å². The Balaban J connectivity index is 1.97. The van der Waals surface area contributed by atoms with Gasteiger partial charge in [-0.3, -0.25) is 0 Å². The Morgan fingerprint density at radius 1 is 0.969 bits per heavy atom. The minimum Gasteiger partial charge on any atom is -0.488 e. The summed E-state index contributed by atoms with van der Waals surface area (Å²) in [6.45, 7) is 7.85. The van der Waals surface area contributed by atoms with Crippen molar-refractivity contribution in [1.82, 2.24) is 9.97 Å². The fraction of sp³-hybridized carbons (Fsp3) is 0.333. The van der Waals surface area contributed by atoms with Crippen LogP contribution in [0.5, 0.6) is 11.8 Å². The quantitative estimate of drug-likeness (QED) is 0.421. The monoisotopic (exact) mass is 445 g/mol. The third kappa shape index (κ3) is 6.12. The first-order chi connectivity index (χ1) is 15.1. The molecule has 1 aromatic heterocycles. The predicted octanol–water partition coefficient (Wildman–Crippen LogP) is 6.41. The van der Waals surface area contributed by atoms with E-state index in [4.69, 9.17) is 9.47 Å². The topological polar surface area (TPSA) is 47.5 Å². The molecule has 0 bridgehead atoms. The van der Waals surface area contributed by atoms with E-state index < -0.39 is 17.3 Å². The van der Waals surface area contributed by atoms with Crippen LogP contribution in [-0.4, -0.2) is 22.1 Å². The first-order valence-electron chi connectivity index (χ1n) is 10.2. The molecule has 3 aromatic rings. The summed E-state index contributed by atoms with van der Waals surface area (Å²) in [5, 5.41) is 0. The standard InChI is InChI=1S/C24H26F3N3O2/c1-5-30(18-12-9-13-19(14-18)32-23(2,3)4)21-20(24(25,26)27)15-28-22(29-21)31-16-17-10-7-6-8-11-17/h6-15H,5,16H2,1-4H3. The van der Waals surface area contributed by atoms with E-state index in [2.05, 4.69) is 9.97 Å². The van der Waals surface area contributed by atoms with Crippen molar-refractivity contribution in [2.24, 2.45) is 0 Å². The van der Waals surface area contributed by atoms with Crippen molar-refractivity contribution in [2.75, 3.05) is 11.4 Å². The molecule has 0 spiro atoms. The molecular formula is C24H26F3N3O2. The number of ether oxygens (including phenoxy) is 2. The van der Waals surface area contributed by atoms with Gasteiger partial charge in [-0.1, -0.05) is 36.4 Å². The molecule has 0 saturated heterocycles. The van der Waals surface area contributed by atoms with Crippen LogP contribution >= 0.6 is 0 Å². The lowest BCUT2D eigenvalue weighted by atomic mass is 10.2. The highest BCUT2D eigenvalue weighted by Gasteiger charge is 2.37. The van der Waals surface area contributed by atoms with E-state index in [-0.39, 0.29) is 25.0 Å². The number of rotatable bonds is 7. The molecule has 0 aliphatic carbocycles. The summed E-state index contributed by atoms with van der Waals surface area (Å²) in [6, 6.07) is 16.1. The second kappa shape index (κ2) is 9.46. The van der Waals surface area contributed by atoms with Crippen molar-refractivity contribution in [3.63, 3.8) is 0 Å². The smallest absolute Gasteiger partial charge is 0.421 e. The maximum atomic E-state index is 13.8. The molecule has 0 saturated carbocycles. The number of alkyl halides is 3. The van der Waals surface area contributed by atoms with Crippen LogP contribution in [0, 0.1) is 0 Å². The Kier molecular flexibility index (Phi) is 6.91. The molecule has 170 valence electrons. The van der Waals surface area contributed by atoms with E-state index >= 15 is 0 Å². The lowest BCUT2D eigenvalue weighted by Crippen LogP contribution is -2.24. The van der Waals surface area contributed by atoms with Gasteiger partial charge in [0, 0.05) is 24.5 Å². The highest BCUT2D eigenvalue weighted by atomic mass is 19.4. The van der Waals surface area contributed by atoms with Crippen LogP contribution < -0.4 is 14.4 Å². The fourth-order valence-corrected chi connectivity index (χ4v) is 3.08. The Labute approximate surface area is 185 Å². The molecule has 1 heterocycles. The summed E-state index contributed by atoms with van der Waals surface area (Å²) in [7, 11) is 0. The number of benzene rings is 2. The zero-order chi connectivity index (χ0) is 23.4. The number of halogens is 3. The van der Waals surface area contributed by atoms with Gasteiger partial charge in [0.15, 0.2) is 5.82 Å². The average Bonchev–Trinajstić information content (AvgIpc) is 2.72. The van der Waals surface area contributed by atoms with E-state index in [1.807, 2.05) is 51.1 Å². The Morgan fingerprint density at radius 2 is 1.69 bits per heavy atom. The zero-order valence-electron chi connectivity index (χ0n) is 18.5. The minimum atomic E-state index is -4.62. The van der Waals surface area contributed by atoms with Crippen LogP contribution in [0.2, 0.25) is 0 Å². The van der Waals surface area contributed by atoms with E-state index in [0.717, 1.165) is 11.8 Å². The van der Waals surface area contributed by atoms with Crippen molar-refractivity contribution in [3.05, 3.63) is 71.9 Å². The van der Waals surface area contributed by atoms with Gasteiger partial charge in [0.1, 0.15) is 23.5 Å². The van der Waals surface area contributed by atoms with Crippen LogP contribution in [0.25, 0.3) is 0 Å². The Bertz CT molecular complexity index is 1030. The third-order valence-electron chi connectivity index (χ3n) is 4.39. The predicted molar refractivity (Wildman–Crippen MR) is 117 cm³/mol. The molecule has 0 aliphatic rings. The van der Waals surface area contributed by atoms with E-state index in [0.29, 0.717) is 11.4 Å². The van der Waals surface area contributed by atoms with E-state index in [9.17, 15) is 13.2 Å². The van der Waals surface area contributed by atoms with Gasteiger partial charge < -0.3 is 14.4 Å². The largest absolute Gasteiger partial charge is 0.488 e. The van der Waals surface area contributed by atoms with Gasteiger partial charge in [-0.15, -0.1) is 0 Å². The minimum absolute atomic E-state index is 0.127. The van der Waals surface area contributed by atoms with Crippen LogP contribution in [0.3, 0.4) is 0 Å². The molecule has 32 heavy (non-hydrogen) atoms. The van der Waals surface area contributed by atoms with Crippen molar-refractivity contribution in [1.29, 1.82) is 0 Å². The summed E-state index contributed by atoms with van der Waals surface area (Å²) in [4.78, 5) is 9.40. The van der Waals surface area contributed by atoms with Crippen LogP contribution in [0.4, 0.5) is 24.7 Å². The maximum absolute atomic E-state index is 13.8. The lowest BCUT2D eigenvalue weighted by molar-refractivity contribution is -0.137. The summed E-state index contributed by atoms with van der Waals surface area (Å²) in [5.41, 5.74) is -0.00175. The first kappa shape index (κ1) is 23.4. The average molecular weight is 445 g/mol. The second-order valence-electron chi connectivity index (χ2n) is 8.12. The first-order valence-corrected chi connectivity index (χ1v) is 10.2. The number of hydrogen-bond donors (Lipinski definition) is 0. The Hall–Kier alpha value is -3.29. The van der Waals surface area contributed by atoms with Gasteiger partial charge in [-0.2, -0.15) is 18.2 Å². The number of aromatic nitrogens is 2. The SMILES string of the molecule is CCN(c1cccc(OC(C)(C)C)c1)c1nc(OCc2ccccc2)ncc1C(F)(F)F. The summed E-state index contributed by atoms with van der Waals surface area (Å²) >= 11 is 0.